The third-order valence-corrected chi connectivity index (χ3v) is 7.74. The van der Waals surface area contributed by atoms with E-state index < -0.39 is 16.0 Å². The summed E-state index contributed by atoms with van der Waals surface area (Å²) in [5, 5.41) is 7.34. The van der Waals surface area contributed by atoms with Crippen molar-refractivity contribution in [2.75, 3.05) is 26.5 Å². The quantitative estimate of drug-likeness (QED) is 0.505. The van der Waals surface area contributed by atoms with Crippen LogP contribution >= 0.6 is 11.3 Å². The van der Waals surface area contributed by atoms with Crippen LogP contribution in [0.15, 0.2) is 46.6 Å². The van der Waals surface area contributed by atoms with Crippen LogP contribution in [0.3, 0.4) is 0 Å². The van der Waals surface area contributed by atoms with Crippen LogP contribution in [0.1, 0.15) is 40.5 Å². The number of rotatable bonds is 6. The summed E-state index contributed by atoms with van der Waals surface area (Å²) < 4.78 is 33.0. The number of methoxy groups -OCH3 is 1. The van der Waals surface area contributed by atoms with E-state index in [1.54, 1.807) is 28.8 Å². The Kier molecular flexibility index (Phi) is 6.31. The Balaban J connectivity index is 1.64. The van der Waals surface area contributed by atoms with Gasteiger partial charge in [0, 0.05) is 19.0 Å². The second kappa shape index (κ2) is 9.00. The molecule has 0 spiro atoms. The topological polar surface area (TPSA) is 104 Å². The van der Waals surface area contributed by atoms with Gasteiger partial charge in [0.15, 0.2) is 0 Å². The van der Waals surface area contributed by atoms with Crippen molar-refractivity contribution in [1.29, 1.82) is 0 Å². The molecule has 0 saturated carbocycles. The molecule has 1 aliphatic rings. The van der Waals surface area contributed by atoms with E-state index in [0.29, 0.717) is 37.3 Å². The number of esters is 1. The van der Waals surface area contributed by atoms with Gasteiger partial charge in [-0.1, -0.05) is 12.1 Å². The number of piperidine rings is 1. The fraction of sp³-hybridized carbons (Fsp3) is 0.381. The van der Waals surface area contributed by atoms with Crippen LogP contribution in [0.5, 0.6) is 0 Å². The average Bonchev–Trinajstić information content (AvgIpc) is 3.41. The predicted octanol–water partition coefficient (Wildman–Crippen LogP) is 2.07. The van der Waals surface area contributed by atoms with E-state index in [-0.39, 0.29) is 18.2 Å². The van der Waals surface area contributed by atoms with Gasteiger partial charge in [-0.3, -0.25) is 0 Å². The third-order valence-electron chi connectivity index (χ3n) is 5.59. The van der Waals surface area contributed by atoms with Gasteiger partial charge < -0.3 is 4.74 Å². The van der Waals surface area contributed by atoms with Crippen molar-refractivity contribution in [3.8, 4) is 5.00 Å². The normalized spacial score (nSPS) is 15.7. The predicted molar refractivity (Wildman–Crippen MR) is 121 cm³/mol. The number of nitrogens with zero attached hydrogens (tertiary/aromatic N) is 4. The molecule has 0 N–H and O–H groups in total. The molecule has 11 heteroatoms. The van der Waals surface area contributed by atoms with E-state index in [4.69, 9.17) is 4.74 Å². The first-order chi connectivity index (χ1) is 15.3. The van der Waals surface area contributed by atoms with Gasteiger partial charge in [-0.15, -0.1) is 11.3 Å². The molecule has 0 bridgehead atoms. The second-order valence-electron chi connectivity index (χ2n) is 7.71. The highest BCUT2D eigenvalue weighted by atomic mass is 32.2. The second-order valence-corrected chi connectivity index (χ2v) is 10.6. The van der Waals surface area contributed by atoms with Crippen LogP contribution in [0.25, 0.3) is 5.00 Å². The minimum atomic E-state index is -3.23. The van der Waals surface area contributed by atoms with Gasteiger partial charge >= 0.3 is 11.7 Å². The molecule has 2 aromatic heterocycles. The minimum absolute atomic E-state index is 0.0225. The molecule has 0 atom stereocenters. The Morgan fingerprint density at radius 2 is 1.88 bits per heavy atom. The van der Waals surface area contributed by atoms with E-state index in [2.05, 4.69) is 5.10 Å². The largest absolute Gasteiger partial charge is 0.465 e. The lowest BCUT2D eigenvalue weighted by molar-refractivity contribution is 0.0600. The maximum absolute atomic E-state index is 13.3. The van der Waals surface area contributed by atoms with Crippen LogP contribution < -0.4 is 5.69 Å². The first-order valence-electron chi connectivity index (χ1n) is 10.1. The lowest BCUT2D eigenvalue weighted by Gasteiger charge is -2.29. The summed E-state index contributed by atoms with van der Waals surface area (Å²) >= 11 is 1.45. The summed E-state index contributed by atoms with van der Waals surface area (Å²) in [6.45, 7) is 1.07. The van der Waals surface area contributed by atoms with Crippen LogP contribution in [-0.4, -0.2) is 59.5 Å². The molecule has 3 aromatic rings. The molecule has 32 heavy (non-hydrogen) atoms. The zero-order valence-electron chi connectivity index (χ0n) is 17.8. The molecule has 1 aromatic carbocycles. The van der Waals surface area contributed by atoms with Crippen molar-refractivity contribution in [1.82, 2.24) is 18.7 Å². The highest BCUT2D eigenvalue weighted by Gasteiger charge is 2.30. The minimum Gasteiger partial charge on any atom is -0.465 e. The summed E-state index contributed by atoms with van der Waals surface area (Å²) in [6.07, 6.45) is 2.42. The molecule has 1 aliphatic heterocycles. The number of ether oxygens (including phenoxy) is 1. The molecule has 4 rings (SSSR count). The fourth-order valence-electron chi connectivity index (χ4n) is 3.88. The number of benzene rings is 1. The Morgan fingerprint density at radius 3 is 2.44 bits per heavy atom. The molecule has 0 radical (unpaired) electrons. The van der Waals surface area contributed by atoms with Crippen LogP contribution in [0, 0.1) is 0 Å². The van der Waals surface area contributed by atoms with Crippen LogP contribution in [-0.2, 0) is 21.3 Å². The monoisotopic (exact) mass is 476 g/mol. The van der Waals surface area contributed by atoms with Crippen molar-refractivity contribution in [3.63, 3.8) is 0 Å². The zero-order chi connectivity index (χ0) is 22.9. The van der Waals surface area contributed by atoms with E-state index in [1.165, 1.54) is 33.7 Å². The number of hydrogen-bond acceptors (Lipinski definition) is 7. The Labute approximate surface area is 189 Å². The number of carbonyl (C=O) groups is 1. The molecule has 0 unspecified atom stereocenters. The van der Waals surface area contributed by atoms with Crippen molar-refractivity contribution >= 4 is 27.3 Å². The summed E-state index contributed by atoms with van der Waals surface area (Å²) in [6, 6.07) is 10.6. The van der Waals surface area contributed by atoms with Crippen LogP contribution in [0.2, 0.25) is 0 Å². The maximum atomic E-state index is 13.3. The Hall–Kier alpha value is -2.76. The lowest BCUT2D eigenvalue weighted by atomic mass is 9.97. The Morgan fingerprint density at radius 1 is 1.19 bits per heavy atom. The third kappa shape index (κ3) is 4.54. The number of sulfonamides is 1. The molecule has 170 valence electrons. The number of hydrogen-bond donors (Lipinski definition) is 0. The van der Waals surface area contributed by atoms with E-state index in [1.807, 2.05) is 17.5 Å². The van der Waals surface area contributed by atoms with Gasteiger partial charge in [0.25, 0.3) is 0 Å². The molecule has 0 aliphatic carbocycles. The molecule has 3 heterocycles. The molecular formula is C21H24N4O5S2. The van der Waals surface area contributed by atoms with E-state index >= 15 is 0 Å². The molecule has 1 fully saturated rings. The first kappa shape index (κ1) is 22.4. The highest BCUT2D eigenvalue weighted by Crippen LogP contribution is 2.29. The smallest absolute Gasteiger partial charge is 0.351 e. The van der Waals surface area contributed by atoms with Gasteiger partial charge in [0.1, 0.15) is 10.8 Å². The number of thiophene rings is 1. The van der Waals surface area contributed by atoms with Crippen molar-refractivity contribution in [2.24, 2.45) is 0 Å². The summed E-state index contributed by atoms with van der Waals surface area (Å²) in [5.74, 6) is 0.209. The molecular weight excluding hydrogens is 452 g/mol. The van der Waals surface area contributed by atoms with Gasteiger partial charge in [0.2, 0.25) is 10.0 Å². The summed E-state index contributed by atoms with van der Waals surface area (Å²) in [4.78, 5) is 24.9. The van der Waals surface area contributed by atoms with Crippen molar-refractivity contribution in [2.45, 2.75) is 25.3 Å². The maximum Gasteiger partial charge on any atom is 0.351 e. The summed E-state index contributed by atoms with van der Waals surface area (Å²) in [5.41, 5.74) is 1.02. The first-order valence-corrected chi connectivity index (χ1v) is 12.9. The number of aromatic nitrogens is 3. The standard InChI is InChI=1S/C21H24N4O5S2/c1-30-20(26)17-7-5-15(6-8-17)14-24-21(27)25(18-4-3-13-31-18)19(22-24)16-9-11-23(12-10-16)32(2,28)29/h3-8,13,16H,9-12,14H2,1-2H3. The number of carbonyl (C=O) groups excluding carboxylic acids is 1. The molecule has 0 amide bonds. The lowest BCUT2D eigenvalue weighted by Crippen LogP contribution is -2.37. The van der Waals surface area contributed by atoms with E-state index in [9.17, 15) is 18.0 Å². The SMILES string of the molecule is COC(=O)c1ccc(Cn2nc(C3CCN(S(C)(=O)=O)CC3)n(-c3cccs3)c2=O)cc1. The van der Waals surface area contributed by atoms with Gasteiger partial charge in [0.05, 0.1) is 25.5 Å². The fourth-order valence-corrected chi connectivity index (χ4v) is 5.48. The zero-order valence-corrected chi connectivity index (χ0v) is 19.4. The Bertz CT molecular complexity index is 1250. The van der Waals surface area contributed by atoms with Gasteiger partial charge in [-0.05, 0) is 48.1 Å². The van der Waals surface area contributed by atoms with Crippen molar-refractivity contribution in [3.05, 3.63) is 69.2 Å². The molecule has 1 saturated heterocycles. The van der Waals surface area contributed by atoms with Crippen LogP contribution in [0.4, 0.5) is 0 Å². The highest BCUT2D eigenvalue weighted by molar-refractivity contribution is 7.88. The average molecular weight is 477 g/mol. The van der Waals surface area contributed by atoms with E-state index in [0.717, 1.165) is 10.6 Å². The van der Waals surface area contributed by atoms with Crippen molar-refractivity contribution < 1.29 is 17.9 Å². The summed E-state index contributed by atoms with van der Waals surface area (Å²) in [7, 11) is -1.90. The van der Waals surface area contributed by atoms with Gasteiger partial charge in [-0.2, -0.15) is 5.10 Å². The van der Waals surface area contributed by atoms with Gasteiger partial charge in [-0.25, -0.2) is 31.6 Å². The molecule has 9 nitrogen and oxygen atoms in total.